The van der Waals surface area contributed by atoms with E-state index in [4.69, 9.17) is 5.73 Å². The van der Waals surface area contributed by atoms with Crippen LogP contribution in [-0.4, -0.2) is 54.5 Å². The number of hydrogen-bond acceptors (Lipinski definition) is 3. The van der Waals surface area contributed by atoms with Gasteiger partial charge in [0.05, 0.1) is 0 Å². The summed E-state index contributed by atoms with van der Waals surface area (Å²) in [6.07, 6.45) is 5.10. The summed E-state index contributed by atoms with van der Waals surface area (Å²) >= 11 is 0. The first-order valence-electron chi connectivity index (χ1n) is 8.34. The van der Waals surface area contributed by atoms with Crippen LogP contribution in [0.4, 0.5) is 0 Å². The summed E-state index contributed by atoms with van der Waals surface area (Å²) in [5.41, 5.74) is 5.71. The summed E-state index contributed by atoms with van der Waals surface area (Å²) in [6, 6.07) is 0.588. The molecular weight excluding hydrogens is 250 g/mol. The second-order valence-corrected chi connectivity index (χ2v) is 6.13. The van der Waals surface area contributed by atoms with Crippen LogP contribution >= 0.6 is 0 Å². The van der Waals surface area contributed by atoms with Crippen LogP contribution in [0.3, 0.4) is 0 Å². The molecule has 0 aliphatic carbocycles. The van der Waals surface area contributed by atoms with Crippen molar-refractivity contribution < 1.29 is 4.79 Å². The maximum Gasteiger partial charge on any atom is 0.222 e. The smallest absolute Gasteiger partial charge is 0.222 e. The van der Waals surface area contributed by atoms with Crippen LogP contribution in [0.5, 0.6) is 0 Å². The van der Waals surface area contributed by atoms with E-state index in [0.717, 1.165) is 58.4 Å². The highest BCUT2D eigenvalue weighted by Gasteiger charge is 2.23. The molecule has 1 heterocycles. The van der Waals surface area contributed by atoms with Gasteiger partial charge in [0, 0.05) is 38.6 Å². The minimum atomic E-state index is 0.341. The zero-order valence-corrected chi connectivity index (χ0v) is 13.6. The molecule has 4 nitrogen and oxygen atoms in total. The largest absolute Gasteiger partial charge is 0.341 e. The maximum atomic E-state index is 12.3. The average Bonchev–Trinajstić information content (AvgIpc) is 2.70. The molecular formula is C16H33N3O. The van der Waals surface area contributed by atoms with Crippen molar-refractivity contribution in [3.05, 3.63) is 0 Å². The third-order valence-electron chi connectivity index (χ3n) is 4.59. The molecule has 1 rings (SSSR count). The Hall–Kier alpha value is -0.610. The molecule has 0 spiro atoms. The third-order valence-corrected chi connectivity index (χ3v) is 4.59. The van der Waals surface area contributed by atoms with Crippen molar-refractivity contribution in [1.82, 2.24) is 9.80 Å². The van der Waals surface area contributed by atoms with E-state index in [1.807, 2.05) is 0 Å². The van der Waals surface area contributed by atoms with Crippen molar-refractivity contribution in [3.8, 4) is 0 Å². The van der Waals surface area contributed by atoms with Crippen LogP contribution in [0, 0.1) is 5.92 Å². The summed E-state index contributed by atoms with van der Waals surface area (Å²) < 4.78 is 0. The first-order valence-corrected chi connectivity index (χ1v) is 8.34. The zero-order valence-electron chi connectivity index (χ0n) is 13.6. The normalized spacial score (nSPS) is 20.5. The van der Waals surface area contributed by atoms with Crippen LogP contribution in [0.15, 0.2) is 0 Å². The van der Waals surface area contributed by atoms with Gasteiger partial charge >= 0.3 is 0 Å². The minimum absolute atomic E-state index is 0.341. The highest BCUT2D eigenvalue weighted by Crippen LogP contribution is 2.15. The van der Waals surface area contributed by atoms with Gasteiger partial charge in [-0.25, -0.2) is 0 Å². The van der Waals surface area contributed by atoms with Gasteiger partial charge in [-0.1, -0.05) is 27.2 Å². The molecule has 1 aliphatic heterocycles. The van der Waals surface area contributed by atoms with Gasteiger partial charge < -0.3 is 10.6 Å². The summed E-state index contributed by atoms with van der Waals surface area (Å²) in [5, 5.41) is 0. The molecule has 1 amide bonds. The number of nitrogens with two attached hydrogens (primary N) is 1. The van der Waals surface area contributed by atoms with E-state index in [-0.39, 0.29) is 0 Å². The van der Waals surface area contributed by atoms with Crippen LogP contribution in [0.25, 0.3) is 0 Å². The number of nitrogens with zero attached hydrogens (tertiary/aromatic N) is 2. The molecule has 2 atom stereocenters. The van der Waals surface area contributed by atoms with Crippen molar-refractivity contribution in [3.63, 3.8) is 0 Å². The quantitative estimate of drug-likeness (QED) is 0.778. The number of carbonyl (C=O) groups excluding carboxylic acids is 1. The molecule has 2 unspecified atom stereocenters. The van der Waals surface area contributed by atoms with Crippen molar-refractivity contribution in [2.75, 3.05) is 32.7 Å². The first-order chi connectivity index (χ1) is 9.62. The Morgan fingerprint density at radius 3 is 2.50 bits per heavy atom. The minimum Gasteiger partial charge on any atom is -0.341 e. The lowest BCUT2D eigenvalue weighted by Crippen LogP contribution is -2.40. The molecule has 1 fully saturated rings. The van der Waals surface area contributed by atoms with E-state index in [9.17, 15) is 4.79 Å². The van der Waals surface area contributed by atoms with Gasteiger partial charge in [0.1, 0.15) is 0 Å². The predicted molar refractivity (Wildman–Crippen MR) is 84.6 cm³/mol. The van der Waals surface area contributed by atoms with E-state index in [2.05, 4.69) is 30.6 Å². The van der Waals surface area contributed by atoms with Crippen LogP contribution in [-0.2, 0) is 4.79 Å². The Kier molecular flexibility index (Phi) is 8.15. The highest BCUT2D eigenvalue weighted by molar-refractivity contribution is 5.76. The molecule has 2 N–H and O–H groups in total. The third kappa shape index (κ3) is 5.41. The summed E-state index contributed by atoms with van der Waals surface area (Å²) in [5.74, 6) is 0.843. The van der Waals surface area contributed by atoms with Crippen LogP contribution < -0.4 is 5.73 Å². The number of carbonyl (C=O) groups is 1. The maximum absolute atomic E-state index is 12.3. The van der Waals surface area contributed by atoms with Crippen LogP contribution in [0.1, 0.15) is 52.9 Å². The SMILES string of the molecule is CCC(C)CC(=O)N1CCCN(C(CC)CCN)CC1. The highest BCUT2D eigenvalue weighted by atomic mass is 16.2. The Balaban J connectivity index is 2.47. The standard InChI is InChI=1S/C16H33N3O/c1-4-14(3)13-16(20)19-10-6-9-18(11-12-19)15(5-2)7-8-17/h14-15H,4-13,17H2,1-3H3. The molecule has 1 aliphatic rings. The monoisotopic (exact) mass is 283 g/mol. The molecule has 1 saturated heterocycles. The topological polar surface area (TPSA) is 49.6 Å². The van der Waals surface area contributed by atoms with Crippen molar-refractivity contribution >= 4 is 5.91 Å². The predicted octanol–water partition coefficient (Wildman–Crippen LogP) is 2.08. The summed E-state index contributed by atoms with van der Waals surface area (Å²) in [6.45, 7) is 11.2. The van der Waals surface area contributed by atoms with Gasteiger partial charge in [-0.3, -0.25) is 9.69 Å². The summed E-state index contributed by atoms with van der Waals surface area (Å²) in [4.78, 5) is 16.9. The molecule has 20 heavy (non-hydrogen) atoms. The van der Waals surface area contributed by atoms with E-state index >= 15 is 0 Å². The molecule has 4 heteroatoms. The van der Waals surface area contributed by atoms with Gasteiger partial charge in [0.25, 0.3) is 0 Å². The van der Waals surface area contributed by atoms with E-state index < -0.39 is 0 Å². The lowest BCUT2D eigenvalue weighted by molar-refractivity contribution is -0.132. The fraction of sp³-hybridized carbons (Fsp3) is 0.938. The molecule has 0 aromatic rings. The van der Waals surface area contributed by atoms with E-state index in [1.54, 1.807) is 0 Å². The fourth-order valence-corrected chi connectivity index (χ4v) is 2.96. The zero-order chi connectivity index (χ0) is 15.0. The molecule has 0 aromatic carbocycles. The van der Waals surface area contributed by atoms with Crippen molar-refractivity contribution in [2.45, 2.75) is 58.9 Å². The molecule has 118 valence electrons. The number of hydrogen-bond donors (Lipinski definition) is 1. The Bertz CT molecular complexity index is 283. The second kappa shape index (κ2) is 9.35. The van der Waals surface area contributed by atoms with E-state index in [0.29, 0.717) is 24.3 Å². The Morgan fingerprint density at radius 1 is 1.15 bits per heavy atom. The van der Waals surface area contributed by atoms with Gasteiger partial charge in [0.15, 0.2) is 0 Å². The van der Waals surface area contributed by atoms with Gasteiger partial charge in [0.2, 0.25) is 5.91 Å². The lowest BCUT2D eigenvalue weighted by Gasteiger charge is -2.29. The summed E-state index contributed by atoms with van der Waals surface area (Å²) in [7, 11) is 0. The number of rotatable bonds is 7. The van der Waals surface area contributed by atoms with Crippen molar-refractivity contribution in [2.24, 2.45) is 11.7 Å². The van der Waals surface area contributed by atoms with Gasteiger partial charge in [-0.2, -0.15) is 0 Å². The molecule has 0 bridgehead atoms. The Labute approximate surface area is 124 Å². The van der Waals surface area contributed by atoms with Crippen molar-refractivity contribution in [1.29, 1.82) is 0 Å². The Morgan fingerprint density at radius 2 is 1.90 bits per heavy atom. The fourth-order valence-electron chi connectivity index (χ4n) is 2.96. The molecule has 0 radical (unpaired) electrons. The number of amides is 1. The first kappa shape index (κ1) is 17.4. The van der Waals surface area contributed by atoms with Gasteiger partial charge in [-0.05, 0) is 31.7 Å². The molecule has 0 saturated carbocycles. The van der Waals surface area contributed by atoms with Crippen LogP contribution in [0.2, 0.25) is 0 Å². The van der Waals surface area contributed by atoms with Gasteiger partial charge in [-0.15, -0.1) is 0 Å². The average molecular weight is 283 g/mol. The molecule has 0 aromatic heterocycles. The lowest BCUT2D eigenvalue weighted by atomic mass is 10.0. The van der Waals surface area contributed by atoms with E-state index in [1.165, 1.54) is 0 Å². The second-order valence-electron chi connectivity index (χ2n) is 6.13.